The number of anilines is 1. The quantitative estimate of drug-likeness (QED) is 0.490. The smallest absolute Gasteiger partial charge is 0.244 e. The third kappa shape index (κ3) is 8.05. The van der Waals surface area contributed by atoms with E-state index >= 15 is 0 Å². The van der Waals surface area contributed by atoms with E-state index in [9.17, 15) is 18.0 Å². The lowest BCUT2D eigenvalue weighted by atomic mass is 10.1. The molecule has 2 aromatic carbocycles. The SMILES string of the molecule is CCCNC(=O)[C@H](CC)N(CCc1ccccc1)C(=O)CN(c1cccc(Cl)c1)S(C)(=O)=O. The summed E-state index contributed by atoms with van der Waals surface area (Å²) in [5.74, 6) is -0.691. The highest BCUT2D eigenvalue weighted by Gasteiger charge is 2.31. The van der Waals surface area contributed by atoms with E-state index in [2.05, 4.69) is 5.32 Å². The average molecular weight is 494 g/mol. The summed E-state index contributed by atoms with van der Waals surface area (Å²) in [5, 5.41) is 3.22. The van der Waals surface area contributed by atoms with Crippen molar-refractivity contribution in [3.05, 3.63) is 65.2 Å². The molecule has 2 rings (SSSR count). The second-order valence-corrected chi connectivity index (χ2v) is 10.1. The molecule has 0 heterocycles. The first kappa shape index (κ1) is 26.7. The molecule has 0 bridgehead atoms. The molecular weight excluding hydrogens is 462 g/mol. The Bertz CT molecular complexity index is 1030. The van der Waals surface area contributed by atoms with Crippen molar-refractivity contribution in [2.24, 2.45) is 0 Å². The van der Waals surface area contributed by atoms with E-state index in [0.29, 0.717) is 30.1 Å². The maximum atomic E-state index is 13.5. The van der Waals surface area contributed by atoms with Crippen molar-refractivity contribution in [3.63, 3.8) is 0 Å². The molecule has 1 N–H and O–H groups in total. The first-order valence-corrected chi connectivity index (χ1v) is 13.2. The van der Waals surface area contributed by atoms with E-state index < -0.39 is 28.5 Å². The number of sulfonamides is 1. The van der Waals surface area contributed by atoms with Crippen LogP contribution in [-0.2, 0) is 26.0 Å². The van der Waals surface area contributed by atoms with Crippen molar-refractivity contribution in [1.29, 1.82) is 0 Å². The monoisotopic (exact) mass is 493 g/mol. The maximum Gasteiger partial charge on any atom is 0.244 e. The summed E-state index contributed by atoms with van der Waals surface area (Å²) in [6.45, 7) is 4.16. The van der Waals surface area contributed by atoms with Crippen LogP contribution in [-0.4, -0.2) is 57.1 Å². The highest BCUT2D eigenvalue weighted by atomic mass is 35.5. The van der Waals surface area contributed by atoms with Crippen LogP contribution in [0.25, 0.3) is 0 Å². The zero-order valence-corrected chi connectivity index (χ0v) is 20.9. The van der Waals surface area contributed by atoms with Gasteiger partial charge in [0.15, 0.2) is 0 Å². The maximum absolute atomic E-state index is 13.5. The van der Waals surface area contributed by atoms with Crippen LogP contribution in [0.5, 0.6) is 0 Å². The van der Waals surface area contributed by atoms with Crippen molar-refractivity contribution in [2.75, 3.05) is 30.2 Å². The zero-order chi connectivity index (χ0) is 24.4. The number of carbonyl (C=O) groups excluding carboxylic acids is 2. The minimum Gasteiger partial charge on any atom is -0.354 e. The van der Waals surface area contributed by atoms with Gasteiger partial charge in [0, 0.05) is 18.1 Å². The summed E-state index contributed by atoms with van der Waals surface area (Å²) in [6.07, 6.45) is 2.77. The Hall–Kier alpha value is -2.58. The van der Waals surface area contributed by atoms with E-state index in [1.165, 1.54) is 11.0 Å². The summed E-state index contributed by atoms with van der Waals surface area (Å²) < 4.78 is 26.1. The van der Waals surface area contributed by atoms with Gasteiger partial charge in [0.25, 0.3) is 0 Å². The number of hydrogen-bond donors (Lipinski definition) is 1. The van der Waals surface area contributed by atoms with Gasteiger partial charge in [-0.2, -0.15) is 0 Å². The van der Waals surface area contributed by atoms with Crippen LogP contribution >= 0.6 is 11.6 Å². The van der Waals surface area contributed by atoms with Crippen LogP contribution in [0.15, 0.2) is 54.6 Å². The molecule has 0 aliphatic carbocycles. The fourth-order valence-corrected chi connectivity index (χ4v) is 4.53. The van der Waals surface area contributed by atoms with Gasteiger partial charge < -0.3 is 10.2 Å². The topological polar surface area (TPSA) is 86.8 Å². The van der Waals surface area contributed by atoms with Crippen molar-refractivity contribution in [2.45, 2.75) is 39.2 Å². The van der Waals surface area contributed by atoms with Crippen molar-refractivity contribution in [1.82, 2.24) is 10.2 Å². The third-order valence-electron chi connectivity index (χ3n) is 5.19. The molecule has 2 amide bonds. The van der Waals surface area contributed by atoms with Gasteiger partial charge in [0.1, 0.15) is 12.6 Å². The van der Waals surface area contributed by atoms with Gasteiger partial charge in [0.2, 0.25) is 21.8 Å². The Morgan fingerprint density at radius 3 is 2.33 bits per heavy atom. The molecule has 180 valence electrons. The molecule has 0 saturated carbocycles. The van der Waals surface area contributed by atoms with Gasteiger partial charge in [0.05, 0.1) is 11.9 Å². The molecule has 1 atom stereocenters. The highest BCUT2D eigenvalue weighted by molar-refractivity contribution is 7.92. The van der Waals surface area contributed by atoms with Gasteiger partial charge in [-0.3, -0.25) is 13.9 Å². The van der Waals surface area contributed by atoms with Crippen LogP contribution in [0, 0.1) is 0 Å². The largest absolute Gasteiger partial charge is 0.354 e. The molecule has 0 unspecified atom stereocenters. The number of rotatable bonds is 12. The lowest BCUT2D eigenvalue weighted by Gasteiger charge is -2.32. The van der Waals surface area contributed by atoms with Gasteiger partial charge in [-0.1, -0.05) is 61.8 Å². The Balaban J connectivity index is 2.33. The molecule has 9 heteroatoms. The fraction of sp³-hybridized carbons (Fsp3) is 0.417. The first-order chi connectivity index (χ1) is 15.7. The molecular formula is C24H32ClN3O4S. The highest BCUT2D eigenvalue weighted by Crippen LogP contribution is 2.22. The molecule has 0 aliphatic heterocycles. The van der Waals surface area contributed by atoms with Gasteiger partial charge in [-0.25, -0.2) is 8.42 Å². The van der Waals surface area contributed by atoms with Gasteiger partial charge in [-0.15, -0.1) is 0 Å². The normalized spacial score (nSPS) is 12.1. The number of benzene rings is 2. The Morgan fingerprint density at radius 2 is 1.76 bits per heavy atom. The molecule has 0 aromatic heterocycles. The molecule has 0 aliphatic rings. The predicted molar refractivity (Wildman–Crippen MR) is 133 cm³/mol. The van der Waals surface area contributed by atoms with Crippen LogP contribution in [0.1, 0.15) is 32.3 Å². The summed E-state index contributed by atoms with van der Waals surface area (Å²) in [5.41, 5.74) is 1.32. The number of carbonyl (C=O) groups is 2. The predicted octanol–water partition coefficient (Wildman–Crippen LogP) is 3.48. The van der Waals surface area contributed by atoms with Crippen molar-refractivity contribution < 1.29 is 18.0 Å². The van der Waals surface area contributed by atoms with Crippen molar-refractivity contribution in [3.8, 4) is 0 Å². The van der Waals surface area contributed by atoms with Gasteiger partial charge in [-0.05, 0) is 43.0 Å². The van der Waals surface area contributed by atoms with Crippen LogP contribution in [0.2, 0.25) is 5.02 Å². The minimum absolute atomic E-state index is 0.241. The number of nitrogens with zero attached hydrogens (tertiary/aromatic N) is 2. The molecule has 0 fully saturated rings. The van der Waals surface area contributed by atoms with Crippen LogP contribution < -0.4 is 9.62 Å². The number of halogens is 1. The summed E-state index contributed by atoms with van der Waals surface area (Å²) in [7, 11) is -3.77. The number of nitrogens with one attached hydrogen (secondary N) is 1. The first-order valence-electron chi connectivity index (χ1n) is 11.0. The van der Waals surface area contributed by atoms with E-state index in [0.717, 1.165) is 22.5 Å². The lowest BCUT2D eigenvalue weighted by Crippen LogP contribution is -2.53. The molecule has 33 heavy (non-hydrogen) atoms. The zero-order valence-electron chi connectivity index (χ0n) is 19.3. The third-order valence-corrected chi connectivity index (χ3v) is 6.57. The van der Waals surface area contributed by atoms with Crippen molar-refractivity contribution >= 4 is 39.1 Å². The Labute approximate surface area is 201 Å². The molecule has 0 saturated heterocycles. The standard InChI is InChI=1S/C24H32ClN3O4S/c1-4-15-26-24(30)22(5-2)27(16-14-19-10-7-6-8-11-19)23(29)18-28(33(3,31)32)21-13-9-12-20(25)17-21/h6-13,17,22H,4-5,14-16,18H2,1-3H3,(H,26,30)/t22-/m0/s1. The van der Waals surface area contributed by atoms with Gasteiger partial charge >= 0.3 is 0 Å². The van der Waals surface area contributed by atoms with E-state index in [-0.39, 0.29) is 12.5 Å². The minimum atomic E-state index is -3.77. The second kappa shape index (κ2) is 12.6. The summed E-state index contributed by atoms with van der Waals surface area (Å²) in [6, 6.07) is 15.3. The average Bonchev–Trinajstić information content (AvgIpc) is 2.78. The van der Waals surface area contributed by atoms with E-state index in [4.69, 9.17) is 11.6 Å². The van der Waals surface area contributed by atoms with E-state index in [1.807, 2.05) is 44.2 Å². The molecule has 0 radical (unpaired) electrons. The Morgan fingerprint density at radius 1 is 1.06 bits per heavy atom. The van der Waals surface area contributed by atoms with Crippen LogP contribution in [0.3, 0.4) is 0 Å². The molecule has 0 spiro atoms. The number of amides is 2. The van der Waals surface area contributed by atoms with Crippen LogP contribution in [0.4, 0.5) is 5.69 Å². The van der Waals surface area contributed by atoms with E-state index in [1.54, 1.807) is 18.2 Å². The molecule has 2 aromatic rings. The lowest BCUT2D eigenvalue weighted by molar-refractivity contribution is -0.139. The fourth-order valence-electron chi connectivity index (χ4n) is 3.51. The Kier molecular flexibility index (Phi) is 10.2. The summed E-state index contributed by atoms with van der Waals surface area (Å²) in [4.78, 5) is 27.8. The summed E-state index contributed by atoms with van der Waals surface area (Å²) >= 11 is 6.05. The second-order valence-electron chi connectivity index (χ2n) is 7.79. The number of hydrogen-bond acceptors (Lipinski definition) is 4. The molecule has 7 nitrogen and oxygen atoms in total.